The molecule has 0 saturated carbocycles. The molecule has 1 aromatic carbocycles. The minimum Gasteiger partial charge on any atom is -0.477 e. The third-order valence-electron chi connectivity index (χ3n) is 2.98. The molecule has 1 aromatic heterocycles. The van der Waals surface area contributed by atoms with Gasteiger partial charge in [0.05, 0.1) is 11.4 Å². The number of aromatic nitrogens is 2. The summed E-state index contributed by atoms with van der Waals surface area (Å²) in [5.41, 5.74) is -1.42. The molecule has 122 valence electrons. The van der Waals surface area contributed by atoms with Crippen molar-refractivity contribution >= 4 is 16.0 Å². The molecule has 8 nitrogen and oxygen atoms in total. The molecule has 0 spiro atoms. The van der Waals surface area contributed by atoms with Crippen molar-refractivity contribution in [3.8, 4) is 0 Å². The molecule has 2 aromatic rings. The Hall–Kier alpha value is -2.59. The zero-order chi connectivity index (χ0) is 17.2. The molecule has 0 aliphatic rings. The number of nitrogens with zero attached hydrogens (tertiary/aromatic N) is 2. The number of carbonyl (C=O) groups is 1. The van der Waals surface area contributed by atoms with Crippen molar-refractivity contribution in [2.75, 3.05) is 7.05 Å². The van der Waals surface area contributed by atoms with Crippen molar-refractivity contribution in [1.29, 1.82) is 0 Å². The summed E-state index contributed by atoms with van der Waals surface area (Å²) in [5.74, 6) is -2.02. The third-order valence-corrected chi connectivity index (χ3v) is 4.79. The highest BCUT2D eigenvalue weighted by Gasteiger charge is 2.22. The monoisotopic (exact) mass is 341 g/mol. The van der Waals surface area contributed by atoms with Gasteiger partial charge in [-0.3, -0.25) is 4.79 Å². The van der Waals surface area contributed by atoms with Crippen LogP contribution in [0.25, 0.3) is 0 Å². The maximum atomic E-state index is 12.9. The summed E-state index contributed by atoms with van der Waals surface area (Å²) < 4.78 is 38.4. The Kier molecular flexibility index (Phi) is 4.57. The normalized spacial score (nSPS) is 11.6. The summed E-state index contributed by atoms with van der Waals surface area (Å²) in [6.07, 6.45) is 0.856. The van der Waals surface area contributed by atoms with E-state index in [2.05, 4.69) is 9.97 Å². The van der Waals surface area contributed by atoms with Gasteiger partial charge >= 0.3 is 5.97 Å². The minimum atomic E-state index is -3.90. The first kappa shape index (κ1) is 16.8. The number of aromatic amines is 1. The molecule has 0 aliphatic carbocycles. The summed E-state index contributed by atoms with van der Waals surface area (Å²) in [4.78, 5) is 28.1. The van der Waals surface area contributed by atoms with E-state index in [1.807, 2.05) is 0 Å². The third kappa shape index (κ3) is 3.60. The lowest BCUT2D eigenvalue weighted by Gasteiger charge is -2.16. The quantitative estimate of drug-likeness (QED) is 0.813. The molecule has 2 N–H and O–H groups in total. The lowest BCUT2D eigenvalue weighted by Crippen LogP contribution is -2.29. The fourth-order valence-corrected chi connectivity index (χ4v) is 2.88. The number of halogens is 1. The highest BCUT2D eigenvalue weighted by atomic mass is 32.2. The van der Waals surface area contributed by atoms with E-state index >= 15 is 0 Å². The van der Waals surface area contributed by atoms with Crippen LogP contribution in [0, 0.1) is 5.82 Å². The Morgan fingerprint density at radius 1 is 1.35 bits per heavy atom. The Morgan fingerprint density at radius 3 is 2.48 bits per heavy atom. The molecule has 10 heteroatoms. The van der Waals surface area contributed by atoms with Crippen molar-refractivity contribution in [3.63, 3.8) is 0 Å². The molecule has 1 heterocycles. The zero-order valence-electron chi connectivity index (χ0n) is 11.9. The molecule has 0 atom stereocenters. The van der Waals surface area contributed by atoms with Crippen LogP contribution in [0.4, 0.5) is 4.39 Å². The van der Waals surface area contributed by atoms with Gasteiger partial charge in [-0.15, -0.1) is 0 Å². The molecule has 0 amide bonds. The zero-order valence-corrected chi connectivity index (χ0v) is 12.7. The van der Waals surface area contributed by atoms with Crippen LogP contribution in [0.2, 0.25) is 0 Å². The molecule has 0 fully saturated rings. The molecule has 0 radical (unpaired) electrons. The topological polar surface area (TPSA) is 120 Å². The largest absolute Gasteiger partial charge is 0.477 e. The maximum absolute atomic E-state index is 12.9. The first-order valence-corrected chi connectivity index (χ1v) is 7.69. The smallest absolute Gasteiger partial charge is 0.342 e. The van der Waals surface area contributed by atoms with Crippen molar-refractivity contribution in [2.24, 2.45) is 0 Å². The summed E-state index contributed by atoms with van der Waals surface area (Å²) >= 11 is 0. The Labute approximate surface area is 130 Å². The molecule has 0 unspecified atom stereocenters. The second kappa shape index (κ2) is 6.26. The number of carboxylic acid groups (broad SMARTS) is 1. The molecule has 0 saturated heterocycles. The van der Waals surface area contributed by atoms with Crippen LogP contribution in [0.1, 0.15) is 16.2 Å². The number of carboxylic acids is 1. The van der Waals surface area contributed by atoms with Crippen LogP contribution in [-0.2, 0) is 16.6 Å². The molecule has 2 rings (SSSR count). The van der Waals surface area contributed by atoms with E-state index in [0.29, 0.717) is 0 Å². The first-order chi connectivity index (χ1) is 10.7. The Bertz CT molecular complexity index is 893. The number of H-pyrrole nitrogens is 1. The van der Waals surface area contributed by atoms with E-state index in [1.54, 1.807) is 0 Å². The minimum absolute atomic E-state index is 0.0202. The number of rotatable bonds is 5. The average molecular weight is 341 g/mol. The highest BCUT2D eigenvalue weighted by molar-refractivity contribution is 7.89. The lowest BCUT2D eigenvalue weighted by molar-refractivity contribution is 0.0694. The number of aromatic carboxylic acids is 1. The molecular formula is C13H12FN3O5S. The predicted molar refractivity (Wildman–Crippen MR) is 76.9 cm³/mol. The summed E-state index contributed by atoms with van der Waals surface area (Å²) in [6, 6.07) is 4.26. The van der Waals surface area contributed by atoms with Gasteiger partial charge in [-0.25, -0.2) is 22.6 Å². The van der Waals surface area contributed by atoms with Gasteiger partial charge in [0.1, 0.15) is 17.2 Å². The van der Waals surface area contributed by atoms with Crippen LogP contribution in [0.3, 0.4) is 0 Å². The molecule has 0 aliphatic heterocycles. The first-order valence-electron chi connectivity index (χ1n) is 6.25. The summed E-state index contributed by atoms with van der Waals surface area (Å²) in [6.45, 7) is -0.283. The lowest BCUT2D eigenvalue weighted by atomic mass is 10.3. The van der Waals surface area contributed by atoms with E-state index in [4.69, 9.17) is 5.11 Å². The second-order valence-corrected chi connectivity index (χ2v) is 6.64. The number of hydrogen-bond donors (Lipinski definition) is 2. The highest BCUT2D eigenvalue weighted by Crippen LogP contribution is 2.15. The SMILES string of the molecule is CN(Cc1ncc(C(=O)O)c(=O)[nH]1)S(=O)(=O)c1ccc(F)cc1. The molecular weight excluding hydrogens is 329 g/mol. The van der Waals surface area contributed by atoms with Gasteiger partial charge in [-0.05, 0) is 24.3 Å². The fourth-order valence-electron chi connectivity index (χ4n) is 1.75. The van der Waals surface area contributed by atoms with Crippen LogP contribution in [-0.4, -0.2) is 40.8 Å². The standard InChI is InChI=1S/C13H12FN3O5S/c1-17(23(21,22)9-4-2-8(14)3-5-9)7-11-15-6-10(13(19)20)12(18)16-11/h2-6H,7H2,1H3,(H,19,20)(H,15,16,18). The van der Waals surface area contributed by atoms with Gasteiger partial charge in [-0.2, -0.15) is 4.31 Å². The van der Waals surface area contributed by atoms with Crippen LogP contribution >= 0.6 is 0 Å². The maximum Gasteiger partial charge on any atom is 0.342 e. The number of sulfonamides is 1. The van der Waals surface area contributed by atoms with Crippen molar-refractivity contribution in [1.82, 2.24) is 14.3 Å². The number of benzene rings is 1. The van der Waals surface area contributed by atoms with Crippen molar-refractivity contribution < 1.29 is 22.7 Å². The van der Waals surface area contributed by atoms with Crippen LogP contribution in [0.5, 0.6) is 0 Å². The van der Waals surface area contributed by atoms with Crippen LogP contribution < -0.4 is 5.56 Å². The van der Waals surface area contributed by atoms with E-state index in [0.717, 1.165) is 34.8 Å². The van der Waals surface area contributed by atoms with Crippen molar-refractivity contribution in [3.05, 3.63) is 58.0 Å². The van der Waals surface area contributed by atoms with E-state index in [9.17, 15) is 22.4 Å². The van der Waals surface area contributed by atoms with Gasteiger partial charge in [0.15, 0.2) is 0 Å². The second-order valence-electron chi connectivity index (χ2n) is 4.59. The van der Waals surface area contributed by atoms with Gasteiger partial charge < -0.3 is 10.1 Å². The predicted octanol–water partition coefficient (Wildman–Crippen LogP) is 0.428. The molecule has 0 bridgehead atoms. The average Bonchev–Trinajstić information content (AvgIpc) is 2.47. The Morgan fingerprint density at radius 2 is 1.96 bits per heavy atom. The molecule has 23 heavy (non-hydrogen) atoms. The van der Waals surface area contributed by atoms with E-state index in [1.165, 1.54) is 7.05 Å². The fraction of sp³-hybridized carbons (Fsp3) is 0.154. The number of nitrogens with one attached hydrogen (secondary N) is 1. The van der Waals surface area contributed by atoms with E-state index < -0.39 is 32.9 Å². The van der Waals surface area contributed by atoms with Gasteiger partial charge in [0.2, 0.25) is 10.0 Å². The van der Waals surface area contributed by atoms with Gasteiger partial charge in [-0.1, -0.05) is 0 Å². The Balaban J connectivity index is 2.26. The summed E-state index contributed by atoms with van der Waals surface area (Å²) in [5, 5.41) is 8.74. The van der Waals surface area contributed by atoms with Gasteiger partial charge in [0.25, 0.3) is 5.56 Å². The van der Waals surface area contributed by atoms with Crippen LogP contribution in [0.15, 0.2) is 40.2 Å². The summed E-state index contributed by atoms with van der Waals surface area (Å²) in [7, 11) is -2.65. The van der Waals surface area contributed by atoms with Gasteiger partial charge in [0, 0.05) is 13.2 Å². The number of hydrogen-bond acceptors (Lipinski definition) is 5. The van der Waals surface area contributed by atoms with E-state index in [-0.39, 0.29) is 17.3 Å². The van der Waals surface area contributed by atoms with Crippen molar-refractivity contribution in [2.45, 2.75) is 11.4 Å².